The summed E-state index contributed by atoms with van der Waals surface area (Å²) in [7, 11) is 0. The van der Waals surface area contributed by atoms with Crippen LogP contribution in [-0.2, 0) is 0 Å². The van der Waals surface area contributed by atoms with Gasteiger partial charge in [0.25, 0.3) is 5.91 Å². The van der Waals surface area contributed by atoms with Gasteiger partial charge in [-0.1, -0.05) is 11.8 Å². The van der Waals surface area contributed by atoms with Crippen molar-refractivity contribution in [2.75, 3.05) is 11.9 Å². The lowest BCUT2D eigenvalue weighted by molar-refractivity contribution is 0.102. The quantitative estimate of drug-likeness (QED) is 0.857. The highest BCUT2D eigenvalue weighted by molar-refractivity contribution is 7.13. The first kappa shape index (κ1) is 15.2. The number of aromatic nitrogens is 1. The summed E-state index contributed by atoms with van der Waals surface area (Å²) in [5, 5.41) is 13.7. The highest BCUT2D eigenvalue weighted by Gasteiger charge is 2.13. The molecule has 4 nitrogen and oxygen atoms in total. The summed E-state index contributed by atoms with van der Waals surface area (Å²) in [6.07, 6.45) is 0.267. The fourth-order valence-electron chi connectivity index (χ4n) is 1.61. The van der Waals surface area contributed by atoms with Crippen LogP contribution >= 0.6 is 11.3 Å². The molecule has 0 aliphatic carbocycles. The lowest BCUT2D eigenvalue weighted by atomic mass is 10.1. The molecule has 2 aromatic rings. The minimum absolute atomic E-state index is 0.0811. The first-order chi connectivity index (χ1) is 10.1. The van der Waals surface area contributed by atoms with E-state index in [1.807, 2.05) is 12.3 Å². The molecule has 0 atom stereocenters. The van der Waals surface area contributed by atoms with Gasteiger partial charge in [-0.25, -0.2) is 9.37 Å². The molecule has 0 saturated carbocycles. The van der Waals surface area contributed by atoms with Crippen LogP contribution in [0.25, 0.3) is 0 Å². The van der Waals surface area contributed by atoms with Crippen LogP contribution in [0, 0.1) is 24.6 Å². The van der Waals surface area contributed by atoms with Crippen molar-refractivity contribution in [2.45, 2.75) is 13.3 Å². The van der Waals surface area contributed by atoms with E-state index in [-0.39, 0.29) is 24.2 Å². The minimum atomic E-state index is -0.468. The Balaban J connectivity index is 2.26. The Labute approximate surface area is 125 Å². The molecule has 0 unspecified atom stereocenters. The second kappa shape index (κ2) is 6.97. The van der Waals surface area contributed by atoms with Gasteiger partial charge < -0.3 is 5.11 Å². The Morgan fingerprint density at radius 1 is 1.52 bits per heavy atom. The van der Waals surface area contributed by atoms with E-state index in [4.69, 9.17) is 5.11 Å². The Hall–Kier alpha value is -2.23. The maximum atomic E-state index is 13.3. The second-order valence-corrected chi connectivity index (χ2v) is 5.07. The molecule has 21 heavy (non-hydrogen) atoms. The molecule has 6 heteroatoms. The summed E-state index contributed by atoms with van der Waals surface area (Å²) in [5.41, 5.74) is 1.38. The number of hydrogen-bond acceptors (Lipinski definition) is 4. The van der Waals surface area contributed by atoms with Crippen LogP contribution in [0.5, 0.6) is 0 Å². The van der Waals surface area contributed by atoms with Crippen LogP contribution in [0.4, 0.5) is 9.52 Å². The Kier molecular flexibility index (Phi) is 5.04. The summed E-state index contributed by atoms with van der Waals surface area (Å²) < 4.78 is 13.3. The Bertz CT molecular complexity index is 716. The number of aliphatic hydroxyl groups excluding tert-OH is 1. The van der Waals surface area contributed by atoms with E-state index in [0.29, 0.717) is 5.13 Å². The van der Waals surface area contributed by atoms with Crippen molar-refractivity contribution in [1.29, 1.82) is 0 Å². The smallest absolute Gasteiger partial charge is 0.258 e. The van der Waals surface area contributed by atoms with Crippen LogP contribution in [0.2, 0.25) is 0 Å². The second-order valence-electron chi connectivity index (χ2n) is 4.21. The van der Waals surface area contributed by atoms with Crippen LogP contribution in [0.1, 0.15) is 28.0 Å². The molecule has 0 spiro atoms. The maximum Gasteiger partial charge on any atom is 0.258 e. The first-order valence-electron chi connectivity index (χ1n) is 6.23. The van der Waals surface area contributed by atoms with Crippen molar-refractivity contribution >= 4 is 22.4 Å². The monoisotopic (exact) mass is 304 g/mol. The van der Waals surface area contributed by atoms with Crippen molar-refractivity contribution in [2.24, 2.45) is 0 Å². The van der Waals surface area contributed by atoms with E-state index in [1.54, 1.807) is 0 Å². The van der Waals surface area contributed by atoms with E-state index in [1.165, 1.54) is 29.5 Å². The van der Waals surface area contributed by atoms with Gasteiger partial charge in [0.05, 0.1) is 17.9 Å². The molecule has 1 aromatic heterocycles. The zero-order valence-corrected chi connectivity index (χ0v) is 12.1. The van der Waals surface area contributed by atoms with Crippen molar-refractivity contribution in [1.82, 2.24) is 4.98 Å². The average Bonchev–Trinajstić information content (AvgIpc) is 2.84. The fraction of sp³-hybridized carbons (Fsp3) is 0.200. The molecule has 2 rings (SSSR count). The number of rotatable bonds is 3. The van der Waals surface area contributed by atoms with Gasteiger partial charge in [-0.3, -0.25) is 10.1 Å². The lowest BCUT2D eigenvalue weighted by Gasteiger charge is -2.04. The van der Waals surface area contributed by atoms with Gasteiger partial charge >= 0.3 is 0 Å². The predicted molar refractivity (Wildman–Crippen MR) is 79.8 cm³/mol. The van der Waals surface area contributed by atoms with E-state index >= 15 is 0 Å². The fourth-order valence-corrected chi connectivity index (χ4v) is 2.29. The molecular formula is C15H13FN2O2S. The zero-order chi connectivity index (χ0) is 15.2. The average molecular weight is 304 g/mol. The lowest BCUT2D eigenvalue weighted by Crippen LogP contribution is -2.13. The molecule has 0 fully saturated rings. The molecule has 1 heterocycles. The molecule has 0 aliphatic heterocycles. The predicted octanol–water partition coefficient (Wildman–Crippen LogP) is 2.58. The number of benzene rings is 1. The van der Waals surface area contributed by atoms with Gasteiger partial charge in [0.15, 0.2) is 5.13 Å². The summed E-state index contributed by atoms with van der Waals surface area (Å²) in [6, 6.07) is 3.79. The van der Waals surface area contributed by atoms with Crippen LogP contribution in [0.3, 0.4) is 0 Å². The largest absolute Gasteiger partial charge is 0.395 e. The number of hydrogen-bond donors (Lipinski definition) is 2. The van der Waals surface area contributed by atoms with Crippen LogP contribution < -0.4 is 5.32 Å². The normalized spacial score (nSPS) is 9.86. The molecule has 0 bridgehead atoms. The number of nitrogens with one attached hydrogen (secondary N) is 1. The summed E-state index contributed by atoms with van der Waals surface area (Å²) >= 11 is 1.32. The number of carbonyl (C=O) groups excluding carboxylic acids is 1. The Morgan fingerprint density at radius 3 is 3.00 bits per heavy atom. The SMILES string of the molecule is Cc1csc(NC(=O)c2ccc(F)cc2C#CCCO)n1. The van der Waals surface area contributed by atoms with Gasteiger partial charge in [0.2, 0.25) is 0 Å². The molecule has 1 aromatic carbocycles. The molecular weight excluding hydrogens is 291 g/mol. The van der Waals surface area contributed by atoms with Crippen molar-refractivity contribution in [3.05, 3.63) is 46.2 Å². The van der Waals surface area contributed by atoms with Gasteiger partial charge in [0, 0.05) is 17.4 Å². The third-order valence-corrected chi connectivity index (χ3v) is 3.40. The molecule has 0 saturated heterocycles. The number of anilines is 1. The minimum Gasteiger partial charge on any atom is -0.395 e. The number of aliphatic hydroxyl groups is 1. The first-order valence-corrected chi connectivity index (χ1v) is 7.11. The topological polar surface area (TPSA) is 62.2 Å². The third kappa shape index (κ3) is 4.12. The van der Waals surface area contributed by atoms with E-state index in [2.05, 4.69) is 22.1 Å². The zero-order valence-electron chi connectivity index (χ0n) is 11.3. The third-order valence-electron chi connectivity index (χ3n) is 2.53. The van der Waals surface area contributed by atoms with Gasteiger partial charge in [-0.15, -0.1) is 11.3 Å². The van der Waals surface area contributed by atoms with Crippen LogP contribution in [-0.4, -0.2) is 22.6 Å². The summed E-state index contributed by atoms with van der Waals surface area (Å²) in [4.78, 5) is 16.3. The molecule has 108 valence electrons. The highest BCUT2D eigenvalue weighted by atomic mass is 32.1. The van der Waals surface area contributed by atoms with Crippen molar-refractivity contribution < 1.29 is 14.3 Å². The number of nitrogens with zero attached hydrogens (tertiary/aromatic N) is 1. The van der Waals surface area contributed by atoms with E-state index in [9.17, 15) is 9.18 Å². The number of thiazole rings is 1. The van der Waals surface area contributed by atoms with Crippen LogP contribution in [0.15, 0.2) is 23.6 Å². The standard InChI is InChI=1S/C15H13FN2O2S/c1-10-9-21-15(17-10)18-14(20)13-6-5-12(16)8-11(13)4-2-3-7-19/h5-6,8-9,19H,3,7H2,1H3,(H,17,18,20). The number of amides is 1. The maximum absolute atomic E-state index is 13.3. The molecule has 0 aliphatic rings. The van der Waals surface area contributed by atoms with Crippen molar-refractivity contribution in [3.8, 4) is 11.8 Å². The summed E-state index contributed by atoms with van der Waals surface area (Å²) in [5.74, 6) is 4.52. The van der Waals surface area contributed by atoms with Crippen molar-refractivity contribution in [3.63, 3.8) is 0 Å². The highest BCUT2D eigenvalue weighted by Crippen LogP contribution is 2.17. The van der Waals surface area contributed by atoms with E-state index in [0.717, 1.165) is 5.69 Å². The summed E-state index contributed by atoms with van der Waals surface area (Å²) in [6.45, 7) is 1.75. The Morgan fingerprint density at radius 2 is 2.33 bits per heavy atom. The van der Waals surface area contributed by atoms with Gasteiger partial charge in [-0.05, 0) is 25.1 Å². The molecule has 2 N–H and O–H groups in total. The number of aryl methyl sites for hydroxylation is 1. The molecule has 0 radical (unpaired) electrons. The molecule has 1 amide bonds. The van der Waals surface area contributed by atoms with Gasteiger partial charge in [0.1, 0.15) is 5.82 Å². The van der Waals surface area contributed by atoms with Gasteiger partial charge in [-0.2, -0.15) is 0 Å². The number of halogens is 1. The van der Waals surface area contributed by atoms with E-state index < -0.39 is 11.7 Å². The number of carbonyl (C=O) groups is 1.